The van der Waals surface area contributed by atoms with Crippen molar-refractivity contribution in [2.24, 2.45) is 0 Å². The standard InChI is InChI=1S/C24H27FN4O3/c25-20-6-2-1-5-18(20)14-23(31)28-12-9-19(10-13-28)29-21(7-8-22(29)30)24(32)27-16-17-4-3-11-26-15-17/h1-6,11,15,19,21H,7-10,12-14,16H2,(H,27,32). The lowest BCUT2D eigenvalue weighted by Crippen LogP contribution is -2.53. The number of piperidine rings is 1. The van der Waals surface area contributed by atoms with E-state index in [1.807, 2.05) is 12.1 Å². The van der Waals surface area contributed by atoms with E-state index in [-0.39, 0.29) is 36.0 Å². The van der Waals surface area contributed by atoms with Crippen molar-refractivity contribution in [1.29, 1.82) is 0 Å². The van der Waals surface area contributed by atoms with Crippen LogP contribution in [0, 0.1) is 5.82 Å². The van der Waals surface area contributed by atoms with E-state index in [0.29, 0.717) is 50.9 Å². The van der Waals surface area contributed by atoms with Gasteiger partial charge in [-0.3, -0.25) is 19.4 Å². The zero-order valence-electron chi connectivity index (χ0n) is 17.9. The molecular formula is C24H27FN4O3. The Hall–Kier alpha value is -3.29. The van der Waals surface area contributed by atoms with Gasteiger partial charge in [0.25, 0.3) is 0 Å². The molecule has 168 valence electrons. The predicted octanol–water partition coefficient (Wildman–Crippen LogP) is 2.06. The molecule has 2 aliphatic rings. The van der Waals surface area contributed by atoms with Crippen LogP contribution in [0.25, 0.3) is 0 Å². The van der Waals surface area contributed by atoms with E-state index in [4.69, 9.17) is 0 Å². The van der Waals surface area contributed by atoms with Crippen LogP contribution < -0.4 is 5.32 Å². The van der Waals surface area contributed by atoms with E-state index in [0.717, 1.165) is 5.56 Å². The summed E-state index contributed by atoms with van der Waals surface area (Å²) in [6.07, 6.45) is 5.49. The number of pyridine rings is 1. The molecule has 2 aliphatic heterocycles. The summed E-state index contributed by atoms with van der Waals surface area (Å²) >= 11 is 0. The highest BCUT2D eigenvalue weighted by molar-refractivity contribution is 5.91. The molecule has 2 aromatic rings. The minimum atomic E-state index is -0.482. The Balaban J connectivity index is 1.32. The fourth-order valence-corrected chi connectivity index (χ4v) is 4.54. The summed E-state index contributed by atoms with van der Waals surface area (Å²) in [4.78, 5) is 45.5. The lowest BCUT2D eigenvalue weighted by Gasteiger charge is -2.39. The second kappa shape index (κ2) is 9.89. The molecule has 1 N–H and O–H groups in total. The lowest BCUT2D eigenvalue weighted by molar-refractivity contribution is -0.140. The van der Waals surface area contributed by atoms with Gasteiger partial charge in [0.05, 0.1) is 6.42 Å². The fourth-order valence-electron chi connectivity index (χ4n) is 4.54. The molecule has 2 fully saturated rings. The first kappa shape index (κ1) is 21.9. The number of benzene rings is 1. The third kappa shape index (κ3) is 4.95. The average molecular weight is 439 g/mol. The topological polar surface area (TPSA) is 82.6 Å². The quantitative estimate of drug-likeness (QED) is 0.749. The molecule has 8 heteroatoms. The van der Waals surface area contributed by atoms with Crippen molar-refractivity contribution in [2.45, 2.75) is 50.7 Å². The molecule has 7 nitrogen and oxygen atoms in total. The summed E-state index contributed by atoms with van der Waals surface area (Å²) in [5.41, 5.74) is 1.29. The highest BCUT2D eigenvalue weighted by Gasteiger charge is 2.41. The van der Waals surface area contributed by atoms with Gasteiger partial charge in [-0.2, -0.15) is 0 Å². The number of amides is 3. The van der Waals surface area contributed by atoms with Crippen LogP contribution in [0.5, 0.6) is 0 Å². The first-order chi connectivity index (χ1) is 15.5. The number of carbonyl (C=O) groups is 3. The number of hydrogen-bond acceptors (Lipinski definition) is 4. The first-order valence-corrected chi connectivity index (χ1v) is 11.0. The highest BCUT2D eigenvalue weighted by atomic mass is 19.1. The summed E-state index contributed by atoms with van der Waals surface area (Å²) in [5.74, 6) is -0.661. The minimum Gasteiger partial charge on any atom is -0.350 e. The van der Waals surface area contributed by atoms with Gasteiger partial charge in [0.15, 0.2) is 0 Å². The van der Waals surface area contributed by atoms with Gasteiger partial charge in [-0.1, -0.05) is 24.3 Å². The summed E-state index contributed by atoms with van der Waals surface area (Å²) in [7, 11) is 0. The maximum atomic E-state index is 13.9. The van der Waals surface area contributed by atoms with E-state index in [1.165, 1.54) is 6.07 Å². The number of aromatic nitrogens is 1. The molecule has 1 aromatic carbocycles. The SMILES string of the molecule is O=C(NCc1cccnc1)C1CCC(=O)N1C1CCN(C(=O)Cc2ccccc2F)CC1. The number of halogens is 1. The van der Waals surface area contributed by atoms with Crippen LogP contribution >= 0.6 is 0 Å². The van der Waals surface area contributed by atoms with E-state index >= 15 is 0 Å². The van der Waals surface area contributed by atoms with Gasteiger partial charge in [0, 0.05) is 44.5 Å². The molecule has 0 spiro atoms. The summed E-state index contributed by atoms with van der Waals surface area (Å²) < 4.78 is 13.9. The predicted molar refractivity (Wildman–Crippen MR) is 116 cm³/mol. The molecule has 3 amide bonds. The zero-order chi connectivity index (χ0) is 22.5. The molecule has 32 heavy (non-hydrogen) atoms. The second-order valence-electron chi connectivity index (χ2n) is 8.31. The van der Waals surface area contributed by atoms with Crippen molar-refractivity contribution >= 4 is 17.7 Å². The van der Waals surface area contributed by atoms with Gasteiger partial charge in [0.2, 0.25) is 17.7 Å². The van der Waals surface area contributed by atoms with Crippen molar-refractivity contribution in [3.05, 3.63) is 65.7 Å². The monoisotopic (exact) mass is 438 g/mol. The molecule has 1 unspecified atom stereocenters. The number of likely N-dealkylation sites (tertiary alicyclic amines) is 2. The molecule has 1 atom stereocenters. The molecule has 3 heterocycles. The van der Waals surface area contributed by atoms with Gasteiger partial charge < -0.3 is 15.1 Å². The van der Waals surface area contributed by atoms with Crippen LogP contribution in [0.2, 0.25) is 0 Å². The second-order valence-corrected chi connectivity index (χ2v) is 8.31. The Morgan fingerprint density at radius 1 is 1.09 bits per heavy atom. The van der Waals surface area contributed by atoms with Crippen LogP contribution in [0.1, 0.15) is 36.8 Å². The van der Waals surface area contributed by atoms with E-state index < -0.39 is 6.04 Å². The Morgan fingerprint density at radius 2 is 1.88 bits per heavy atom. The van der Waals surface area contributed by atoms with Gasteiger partial charge in [-0.25, -0.2) is 4.39 Å². The van der Waals surface area contributed by atoms with Crippen molar-refractivity contribution in [3.63, 3.8) is 0 Å². The van der Waals surface area contributed by atoms with Crippen LogP contribution in [0.4, 0.5) is 4.39 Å². The maximum absolute atomic E-state index is 13.9. The number of carbonyl (C=O) groups excluding carboxylic acids is 3. The number of rotatable bonds is 6. The molecule has 0 radical (unpaired) electrons. The molecular weight excluding hydrogens is 411 g/mol. The van der Waals surface area contributed by atoms with E-state index in [1.54, 1.807) is 40.4 Å². The highest BCUT2D eigenvalue weighted by Crippen LogP contribution is 2.27. The largest absolute Gasteiger partial charge is 0.350 e. The number of nitrogens with one attached hydrogen (secondary N) is 1. The van der Waals surface area contributed by atoms with Crippen LogP contribution in [-0.2, 0) is 27.3 Å². The normalized spacial score (nSPS) is 19.3. The van der Waals surface area contributed by atoms with Crippen molar-refractivity contribution in [1.82, 2.24) is 20.1 Å². The van der Waals surface area contributed by atoms with Gasteiger partial charge in [-0.15, -0.1) is 0 Å². The van der Waals surface area contributed by atoms with Crippen molar-refractivity contribution < 1.29 is 18.8 Å². The van der Waals surface area contributed by atoms with Crippen LogP contribution in [0.15, 0.2) is 48.8 Å². The smallest absolute Gasteiger partial charge is 0.243 e. The lowest BCUT2D eigenvalue weighted by atomic mass is 10.0. The van der Waals surface area contributed by atoms with Crippen molar-refractivity contribution in [3.8, 4) is 0 Å². The van der Waals surface area contributed by atoms with Crippen molar-refractivity contribution in [2.75, 3.05) is 13.1 Å². The average Bonchev–Trinajstić information content (AvgIpc) is 3.21. The Kier molecular flexibility index (Phi) is 6.78. The van der Waals surface area contributed by atoms with Gasteiger partial charge in [0.1, 0.15) is 11.9 Å². The number of hydrogen-bond donors (Lipinski definition) is 1. The Labute approximate surface area is 186 Å². The summed E-state index contributed by atoms with van der Waals surface area (Å²) in [6.45, 7) is 1.35. The third-order valence-corrected chi connectivity index (χ3v) is 6.26. The van der Waals surface area contributed by atoms with Crippen LogP contribution in [-0.4, -0.2) is 57.7 Å². The fraction of sp³-hybridized carbons (Fsp3) is 0.417. The van der Waals surface area contributed by atoms with E-state index in [9.17, 15) is 18.8 Å². The first-order valence-electron chi connectivity index (χ1n) is 11.0. The minimum absolute atomic E-state index is 0.0114. The van der Waals surface area contributed by atoms with E-state index in [2.05, 4.69) is 10.3 Å². The maximum Gasteiger partial charge on any atom is 0.243 e. The molecule has 0 saturated carbocycles. The summed E-state index contributed by atoms with van der Waals surface area (Å²) in [5, 5.41) is 2.92. The summed E-state index contributed by atoms with van der Waals surface area (Å²) in [6, 6.07) is 9.45. The Bertz CT molecular complexity index is 976. The third-order valence-electron chi connectivity index (χ3n) is 6.26. The van der Waals surface area contributed by atoms with Crippen LogP contribution in [0.3, 0.4) is 0 Å². The number of nitrogens with zero attached hydrogens (tertiary/aromatic N) is 3. The molecule has 0 aliphatic carbocycles. The van der Waals surface area contributed by atoms with Gasteiger partial charge >= 0.3 is 0 Å². The molecule has 1 aromatic heterocycles. The molecule has 0 bridgehead atoms. The Morgan fingerprint density at radius 3 is 2.59 bits per heavy atom. The molecule has 4 rings (SSSR count). The zero-order valence-corrected chi connectivity index (χ0v) is 17.9. The van der Waals surface area contributed by atoms with Gasteiger partial charge in [-0.05, 0) is 42.5 Å². The molecule has 2 saturated heterocycles.